The molecule has 3 atom stereocenters. The van der Waals surface area contributed by atoms with E-state index < -0.39 is 0 Å². The Labute approximate surface area is 74.1 Å². The summed E-state index contributed by atoms with van der Waals surface area (Å²) in [5.74, 6) is 0.609. The first-order valence-electron chi connectivity index (χ1n) is 4.55. The fourth-order valence-electron chi connectivity index (χ4n) is 2.06. The highest BCUT2D eigenvalue weighted by Gasteiger charge is 2.57. The Balaban J connectivity index is 2.12. The summed E-state index contributed by atoms with van der Waals surface area (Å²) in [4.78, 5) is 0. The second-order valence-corrected chi connectivity index (χ2v) is 4.30. The second kappa shape index (κ2) is 2.23. The third kappa shape index (κ3) is 0.962. The molecule has 1 saturated heterocycles. The van der Waals surface area contributed by atoms with Gasteiger partial charge < -0.3 is 4.74 Å². The summed E-state index contributed by atoms with van der Waals surface area (Å²) in [6.07, 6.45) is 2.65. The molecule has 0 bridgehead atoms. The Bertz CT molecular complexity index is 254. The van der Waals surface area contributed by atoms with Crippen molar-refractivity contribution in [2.75, 3.05) is 0 Å². The average Bonchev–Trinajstić information content (AvgIpc) is 2.62. The van der Waals surface area contributed by atoms with Crippen molar-refractivity contribution >= 4 is 0 Å². The molecule has 0 aromatic carbocycles. The molecule has 2 fully saturated rings. The zero-order valence-corrected chi connectivity index (χ0v) is 7.89. The van der Waals surface area contributed by atoms with Crippen LogP contribution in [0.15, 0.2) is 24.3 Å². The quantitative estimate of drug-likeness (QED) is 0.429. The van der Waals surface area contributed by atoms with Crippen LogP contribution in [-0.2, 0) is 4.74 Å². The van der Waals surface area contributed by atoms with E-state index in [4.69, 9.17) is 4.74 Å². The molecule has 1 saturated carbocycles. The highest BCUT2D eigenvalue weighted by atomic mass is 16.6. The molecule has 0 spiro atoms. The summed E-state index contributed by atoms with van der Waals surface area (Å²) in [5.41, 5.74) is 2.56. The molecule has 0 aromatic rings. The van der Waals surface area contributed by atoms with Gasteiger partial charge in [0.1, 0.15) is 5.60 Å². The van der Waals surface area contributed by atoms with E-state index in [1.807, 2.05) is 0 Å². The summed E-state index contributed by atoms with van der Waals surface area (Å²) in [6, 6.07) is 0. The Kier molecular flexibility index (Phi) is 1.50. The molecule has 12 heavy (non-hydrogen) atoms. The molecule has 1 aliphatic carbocycles. The molecule has 0 amide bonds. The van der Waals surface area contributed by atoms with Crippen LogP contribution in [0.5, 0.6) is 0 Å². The van der Waals surface area contributed by atoms with Gasteiger partial charge in [0.05, 0.1) is 6.10 Å². The van der Waals surface area contributed by atoms with Crippen molar-refractivity contribution in [2.45, 2.75) is 38.4 Å². The maximum atomic E-state index is 5.62. The van der Waals surface area contributed by atoms with Crippen molar-refractivity contribution in [3.05, 3.63) is 24.3 Å². The summed E-state index contributed by atoms with van der Waals surface area (Å²) in [5, 5.41) is 0. The Morgan fingerprint density at radius 3 is 2.83 bits per heavy atom. The lowest BCUT2D eigenvalue weighted by Gasteiger charge is -2.24. The number of fused-ring (bicyclic) bond motifs is 1. The van der Waals surface area contributed by atoms with Crippen LogP contribution in [0.4, 0.5) is 0 Å². The van der Waals surface area contributed by atoms with Crippen molar-refractivity contribution in [3.63, 3.8) is 0 Å². The van der Waals surface area contributed by atoms with Gasteiger partial charge in [-0.15, -0.1) is 0 Å². The average molecular weight is 164 g/mol. The SMILES string of the molecule is C=C(C)C1CC(=C)C2(C)OC2C1. The maximum absolute atomic E-state index is 5.62. The predicted molar refractivity (Wildman–Crippen MR) is 50.0 cm³/mol. The van der Waals surface area contributed by atoms with Gasteiger partial charge in [0.25, 0.3) is 0 Å². The summed E-state index contributed by atoms with van der Waals surface area (Å²) < 4.78 is 5.62. The number of hydrogen-bond acceptors (Lipinski definition) is 1. The molecular weight excluding hydrogens is 148 g/mol. The van der Waals surface area contributed by atoms with E-state index in [1.165, 1.54) is 11.1 Å². The lowest BCUT2D eigenvalue weighted by atomic mass is 9.77. The number of allylic oxidation sites excluding steroid dienone is 1. The molecule has 3 unspecified atom stereocenters. The van der Waals surface area contributed by atoms with Crippen molar-refractivity contribution in [2.24, 2.45) is 5.92 Å². The van der Waals surface area contributed by atoms with Crippen molar-refractivity contribution < 1.29 is 4.74 Å². The van der Waals surface area contributed by atoms with Crippen molar-refractivity contribution in [1.29, 1.82) is 0 Å². The van der Waals surface area contributed by atoms with Gasteiger partial charge in [-0.05, 0) is 38.2 Å². The predicted octanol–water partition coefficient (Wildman–Crippen LogP) is 2.69. The highest BCUT2D eigenvalue weighted by molar-refractivity contribution is 5.29. The lowest BCUT2D eigenvalue weighted by Crippen LogP contribution is -2.23. The molecule has 66 valence electrons. The van der Waals surface area contributed by atoms with Crippen LogP contribution in [0.1, 0.15) is 26.7 Å². The molecule has 2 rings (SSSR count). The van der Waals surface area contributed by atoms with Crippen LogP contribution in [0.2, 0.25) is 0 Å². The van der Waals surface area contributed by atoms with E-state index in [1.54, 1.807) is 0 Å². The van der Waals surface area contributed by atoms with Gasteiger partial charge in [-0.1, -0.05) is 18.7 Å². The van der Waals surface area contributed by atoms with E-state index in [0.717, 1.165) is 12.8 Å². The maximum Gasteiger partial charge on any atom is 0.113 e. The highest BCUT2D eigenvalue weighted by Crippen LogP contribution is 2.52. The topological polar surface area (TPSA) is 12.5 Å². The van der Waals surface area contributed by atoms with Gasteiger partial charge in [0, 0.05) is 0 Å². The minimum atomic E-state index is 0.0337. The fourth-order valence-corrected chi connectivity index (χ4v) is 2.06. The normalized spacial score (nSPS) is 45.3. The zero-order chi connectivity index (χ0) is 8.93. The van der Waals surface area contributed by atoms with E-state index in [9.17, 15) is 0 Å². The Hall–Kier alpha value is -0.560. The number of epoxide rings is 1. The number of rotatable bonds is 1. The third-order valence-electron chi connectivity index (χ3n) is 3.33. The lowest BCUT2D eigenvalue weighted by molar-refractivity contribution is 0.337. The summed E-state index contributed by atoms with van der Waals surface area (Å²) in [7, 11) is 0. The zero-order valence-electron chi connectivity index (χ0n) is 7.89. The number of hydrogen-bond donors (Lipinski definition) is 0. The molecular formula is C11H16O. The van der Waals surface area contributed by atoms with Crippen LogP contribution in [0, 0.1) is 5.92 Å². The van der Waals surface area contributed by atoms with Gasteiger partial charge in [0.2, 0.25) is 0 Å². The molecule has 1 heteroatoms. The van der Waals surface area contributed by atoms with E-state index in [-0.39, 0.29) is 5.60 Å². The molecule has 1 nitrogen and oxygen atoms in total. The van der Waals surface area contributed by atoms with Gasteiger partial charge in [-0.2, -0.15) is 0 Å². The van der Waals surface area contributed by atoms with Crippen LogP contribution in [-0.4, -0.2) is 11.7 Å². The van der Waals surface area contributed by atoms with Crippen molar-refractivity contribution in [3.8, 4) is 0 Å². The van der Waals surface area contributed by atoms with E-state index in [2.05, 4.69) is 27.0 Å². The largest absolute Gasteiger partial charge is 0.362 e. The van der Waals surface area contributed by atoms with E-state index >= 15 is 0 Å². The minimum Gasteiger partial charge on any atom is -0.362 e. The first kappa shape index (κ1) is 8.06. The van der Waals surface area contributed by atoms with Gasteiger partial charge >= 0.3 is 0 Å². The molecule has 0 radical (unpaired) electrons. The molecule has 0 aromatic heterocycles. The molecule has 1 heterocycles. The van der Waals surface area contributed by atoms with Gasteiger partial charge in [-0.25, -0.2) is 0 Å². The number of ether oxygens (including phenoxy) is 1. The van der Waals surface area contributed by atoms with Gasteiger partial charge in [0.15, 0.2) is 0 Å². The first-order valence-corrected chi connectivity index (χ1v) is 4.55. The van der Waals surface area contributed by atoms with E-state index in [0.29, 0.717) is 12.0 Å². The van der Waals surface area contributed by atoms with Crippen LogP contribution < -0.4 is 0 Å². The summed E-state index contributed by atoms with van der Waals surface area (Å²) >= 11 is 0. The van der Waals surface area contributed by atoms with Crippen molar-refractivity contribution in [1.82, 2.24) is 0 Å². The third-order valence-corrected chi connectivity index (χ3v) is 3.33. The molecule has 1 aliphatic heterocycles. The molecule has 2 aliphatic rings. The molecule has 0 N–H and O–H groups in total. The monoisotopic (exact) mass is 164 g/mol. The van der Waals surface area contributed by atoms with Crippen LogP contribution in [0.3, 0.4) is 0 Å². The Morgan fingerprint density at radius 2 is 2.33 bits per heavy atom. The standard InChI is InChI=1S/C11H16O/c1-7(2)9-5-8(3)11(4)10(6-9)12-11/h9-10H,1,3,5-6H2,2,4H3. The smallest absolute Gasteiger partial charge is 0.113 e. The second-order valence-electron chi connectivity index (χ2n) is 4.30. The fraction of sp³-hybridized carbons (Fsp3) is 0.636. The minimum absolute atomic E-state index is 0.0337. The first-order chi connectivity index (χ1) is 5.54. The van der Waals surface area contributed by atoms with Crippen LogP contribution >= 0.6 is 0 Å². The van der Waals surface area contributed by atoms with Crippen LogP contribution in [0.25, 0.3) is 0 Å². The Morgan fingerprint density at radius 1 is 1.67 bits per heavy atom. The van der Waals surface area contributed by atoms with Gasteiger partial charge in [-0.3, -0.25) is 0 Å². The summed E-state index contributed by atoms with van der Waals surface area (Å²) in [6.45, 7) is 12.3.